The molecule has 80 heavy (non-hydrogen) atoms. The third-order valence-electron chi connectivity index (χ3n) is 16.1. The molecule has 2 aliphatic heterocycles. The number of rotatable bonds is 53. The van der Waals surface area contributed by atoms with Gasteiger partial charge in [0.05, 0.1) is 32.0 Å². The summed E-state index contributed by atoms with van der Waals surface area (Å²) in [4.78, 5) is 13.3. The van der Waals surface area contributed by atoms with Crippen molar-refractivity contribution in [3.8, 4) is 0 Å². The Morgan fingerprint density at radius 1 is 0.463 bits per heavy atom. The molecule has 0 aromatic heterocycles. The summed E-state index contributed by atoms with van der Waals surface area (Å²) in [5.74, 6) is -0.207. The van der Waals surface area contributed by atoms with E-state index < -0.39 is 86.8 Å². The van der Waals surface area contributed by atoms with E-state index in [1.165, 1.54) is 161 Å². The lowest BCUT2D eigenvalue weighted by Gasteiger charge is -2.46. The number of unbranched alkanes of at least 4 members (excludes halogenated alkanes) is 32. The smallest absolute Gasteiger partial charge is 0.220 e. The number of aliphatic hydroxyl groups is 8. The van der Waals surface area contributed by atoms with E-state index in [1.54, 1.807) is 0 Å². The normalized spacial score (nSPS) is 24.5. The van der Waals surface area contributed by atoms with E-state index in [1.807, 2.05) is 0 Å². The molecule has 2 rings (SSSR count). The molecule has 2 fully saturated rings. The summed E-state index contributed by atoms with van der Waals surface area (Å²) >= 11 is 0. The van der Waals surface area contributed by atoms with Crippen LogP contribution >= 0.6 is 0 Å². The number of nitrogens with one attached hydrogen (secondary N) is 1. The number of hydrogen-bond acceptors (Lipinski definition) is 13. The lowest BCUT2D eigenvalue weighted by molar-refractivity contribution is -0.359. The standard InChI is InChI=1S/C66H121NO13/c1-3-5-7-9-11-13-15-17-19-21-23-25-26-27-28-30-32-34-36-38-40-42-44-46-48-50-58(71)67-54(55(70)49-47-45-43-41-39-37-35-33-31-29-24-22-20-18-16-14-12-10-8-6-4-2)53-77-65-63(76)61(74)64(57(52-69)79-65)80-66-62(75)60(73)59(72)56(51-68)78-66/h5,7,11,13,17,19,23,25,54-57,59-66,68-70,72-76H,3-4,6,8-10,12,14-16,18,20-22,24,26-53H2,1-2H3,(H,67,71)/b7-5-,13-11-,19-17-,25-23-. The second-order valence-corrected chi connectivity index (χ2v) is 23.2. The maximum atomic E-state index is 13.3. The van der Waals surface area contributed by atoms with E-state index in [2.05, 4.69) is 67.8 Å². The summed E-state index contributed by atoms with van der Waals surface area (Å²) in [7, 11) is 0. The molecule has 0 aromatic rings. The predicted molar refractivity (Wildman–Crippen MR) is 323 cm³/mol. The van der Waals surface area contributed by atoms with Crippen LogP contribution in [0.25, 0.3) is 0 Å². The number of amides is 1. The van der Waals surface area contributed by atoms with Gasteiger partial charge in [-0.3, -0.25) is 4.79 Å². The van der Waals surface area contributed by atoms with Gasteiger partial charge in [0.25, 0.3) is 0 Å². The van der Waals surface area contributed by atoms with Gasteiger partial charge in [-0.05, 0) is 51.4 Å². The Kier molecular flexibility index (Phi) is 47.6. The molecule has 2 saturated heterocycles. The van der Waals surface area contributed by atoms with Gasteiger partial charge in [0, 0.05) is 6.42 Å². The summed E-state index contributed by atoms with van der Waals surface area (Å²) < 4.78 is 22.9. The van der Waals surface area contributed by atoms with E-state index in [0.717, 1.165) is 83.5 Å². The fourth-order valence-electron chi connectivity index (χ4n) is 10.8. The fourth-order valence-corrected chi connectivity index (χ4v) is 10.8. The van der Waals surface area contributed by atoms with Crippen molar-refractivity contribution in [3.63, 3.8) is 0 Å². The summed E-state index contributed by atoms with van der Waals surface area (Å²) in [5, 5.41) is 87.5. The first-order valence-corrected chi connectivity index (χ1v) is 32.9. The second-order valence-electron chi connectivity index (χ2n) is 23.2. The van der Waals surface area contributed by atoms with Crippen molar-refractivity contribution in [1.29, 1.82) is 0 Å². The highest BCUT2D eigenvalue weighted by atomic mass is 16.7. The number of hydrogen-bond donors (Lipinski definition) is 9. The first-order valence-electron chi connectivity index (χ1n) is 32.9. The molecule has 1 amide bonds. The van der Waals surface area contributed by atoms with Crippen LogP contribution in [0.15, 0.2) is 48.6 Å². The van der Waals surface area contributed by atoms with Gasteiger partial charge in [-0.1, -0.05) is 262 Å². The number of ether oxygens (including phenoxy) is 4. The minimum Gasteiger partial charge on any atom is -0.394 e. The zero-order chi connectivity index (χ0) is 58.1. The van der Waals surface area contributed by atoms with Crippen molar-refractivity contribution in [2.45, 2.75) is 344 Å². The van der Waals surface area contributed by atoms with Gasteiger partial charge < -0.3 is 65.1 Å². The quantitative estimate of drug-likeness (QED) is 0.0204. The average Bonchev–Trinajstić information content (AvgIpc) is 3.49. The Morgan fingerprint density at radius 3 is 1.32 bits per heavy atom. The van der Waals surface area contributed by atoms with Crippen LogP contribution in [-0.4, -0.2) is 140 Å². The van der Waals surface area contributed by atoms with E-state index in [4.69, 9.17) is 18.9 Å². The highest BCUT2D eigenvalue weighted by Crippen LogP contribution is 2.30. The van der Waals surface area contributed by atoms with Crippen molar-refractivity contribution in [2.75, 3.05) is 19.8 Å². The maximum absolute atomic E-state index is 13.3. The molecule has 0 aromatic carbocycles. The van der Waals surface area contributed by atoms with Gasteiger partial charge in [0.2, 0.25) is 5.91 Å². The van der Waals surface area contributed by atoms with E-state index in [9.17, 15) is 45.6 Å². The lowest BCUT2D eigenvalue weighted by atomic mass is 9.97. The summed E-state index contributed by atoms with van der Waals surface area (Å²) in [6, 6.07) is -0.832. The van der Waals surface area contributed by atoms with Crippen LogP contribution in [0.1, 0.15) is 271 Å². The zero-order valence-electron chi connectivity index (χ0n) is 50.6. The average molecular weight is 1140 g/mol. The first kappa shape index (κ1) is 74.1. The van der Waals surface area contributed by atoms with E-state index >= 15 is 0 Å². The molecular weight excluding hydrogens is 1010 g/mol. The van der Waals surface area contributed by atoms with Crippen LogP contribution in [0.5, 0.6) is 0 Å². The Bertz CT molecular complexity index is 1530. The monoisotopic (exact) mass is 1140 g/mol. The van der Waals surface area contributed by atoms with Crippen LogP contribution < -0.4 is 5.32 Å². The third kappa shape index (κ3) is 35.9. The van der Waals surface area contributed by atoms with Crippen LogP contribution in [0.4, 0.5) is 0 Å². The van der Waals surface area contributed by atoms with Gasteiger partial charge in [-0.25, -0.2) is 0 Å². The van der Waals surface area contributed by atoms with Crippen molar-refractivity contribution < 1.29 is 64.6 Å². The van der Waals surface area contributed by atoms with E-state index in [0.29, 0.717) is 12.8 Å². The van der Waals surface area contributed by atoms with E-state index in [-0.39, 0.29) is 12.5 Å². The van der Waals surface area contributed by atoms with Gasteiger partial charge in [-0.15, -0.1) is 0 Å². The maximum Gasteiger partial charge on any atom is 0.220 e. The molecule has 0 spiro atoms. The molecule has 468 valence electrons. The molecule has 12 atom stereocenters. The van der Waals surface area contributed by atoms with Crippen LogP contribution in [0.2, 0.25) is 0 Å². The number of aliphatic hydroxyl groups excluding tert-OH is 8. The number of carbonyl (C=O) groups excluding carboxylic acids is 1. The highest BCUT2D eigenvalue weighted by Gasteiger charge is 2.51. The molecule has 12 unspecified atom stereocenters. The third-order valence-corrected chi connectivity index (χ3v) is 16.1. The molecule has 0 aliphatic carbocycles. The summed E-state index contributed by atoms with van der Waals surface area (Å²) in [6.07, 6.45) is 48.2. The van der Waals surface area contributed by atoms with Crippen LogP contribution in [-0.2, 0) is 23.7 Å². The van der Waals surface area contributed by atoms with Gasteiger partial charge >= 0.3 is 0 Å². The Labute approximate surface area is 486 Å². The number of allylic oxidation sites excluding steroid dienone is 8. The van der Waals surface area contributed by atoms with Gasteiger partial charge in [-0.2, -0.15) is 0 Å². The molecule has 2 heterocycles. The molecule has 2 aliphatic rings. The minimum absolute atomic E-state index is 0.207. The van der Waals surface area contributed by atoms with Crippen molar-refractivity contribution in [2.24, 2.45) is 0 Å². The summed E-state index contributed by atoms with van der Waals surface area (Å²) in [5.41, 5.74) is 0. The predicted octanol–water partition coefficient (Wildman–Crippen LogP) is 12.3. The SMILES string of the molecule is CC/C=C\C/C=C\C/C=C\C/C=C\CCCCCCCCCCCCCCC(=O)NC(COC1OC(CO)C(OC2OC(CO)C(O)C(O)C2O)C(O)C1O)C(O)CCCCCCCCCCCCCCCCCCCCCCC. The van der Waals surface area contributed by atoms with Gasteiger partial charge in [0.1, 0.15) is 48.8 Å². The number of carbonyl (C=O) groups is 1. The topological polar surface area (TPSA) is 228 Å². The lowest BCUT2D eigenvalue weighted by Crippen LogP contribution is -2.65. The van der Waals surface area contributed by atoms with Crippen molar-refractivity contribution in [3.05, 3.63) is 48.6 Å². The molecular formula is C66H121NO13. The zero-order valence-corrected chi connectivity index (χ0v) is 50.6. The minimum atomic E-state index is -1.78. The molecule has 0 bridgehead atoms. The van der Waals surface area contributed by atoms with Crippen molar-refractivity contribution in [1.82, 2.24) is 5.32 Å². The van der Waals surface area contributed by atoms with Crippen LogP contribution in [0, 0.1) is 0 Å². The molecule has 14 heteroatoms. The molecule has 0 radical (unpaired) electrons. The molecule has 14 nitrogen and oxygen atoms in total. The first-order chi connectivity index (χ1) is 39.1. The fraction of sp³-hybridized carbons (Fsp3) is 0.864. The summed E-state index contributed by atoms with van der Waals surface area (Å²) in [6.45, 7) is 2.78. The molecule has 0 saturated carbocycles. The Morgan fingerprint density at radius 2 is 0.863 bits per heavy atom. The van der Waals surface area contributed by atoms with Gasteiger partial charge in [0.15, 0.2) is 12.6 Å². The Hall–Kier alpha value is -2.05. The molecule has 9 N–H and O–H groups in total. The van der Waals surface area contributed by atoms with Crippen molar-refractivity contribution >= 4 is 5.91 Å². The highest BCUT2D eigenvalue weighted by molar-refractivity contribution is 5.76. The largest absolute Gasteiger partial charge is 0.394 e. The Balaban J connectivity index is 1.70. The van der Waals surface area contributed by atoms with Crippen LogP contribution in [0.3, 0.4) is 0 Å². The second kappa shape index (κ2) is 51.4.